The second-order valence-corrected chi connectivity index (χ2v) is 8.55. The minimum absolute atomic E-state index is 0.180. The largest absolute Gasteiger partial charge is 0.500 e. The number of halogens is 1. The van der Waals surface area contributed by atoms with E-state index in [1.807, 2.05) is 11.1 Å². The minimum atomic E-state index is -0.361. The summed E-state index contributed by atoms with van der Waals surface area (Å²) in [6.07, 6.45) is 9.99. The van der Waals surface area contributed by atoms with E-state index in [4.69, 9.17) is 19.0 Å². The van der Waals surface area contributed by atoms with Crippen LogP contribution in [-0.2, 0) is 16.1 Å². The quantitative estimate of drug-likeness (QED) is 0.605. The van der Waals surface area contributed by atoms with Crippen LogP contribution < -0.4 is 25.2 Å². The smallest absolute Gasteiger partial charge is 0.231 e. The van der Waals surface area contributed by atoms with Gasteiger partial charge in [-0.05, 0) is 46.6 Å². The van der Waals surface area contributed by atoms with Gasteiger partial charge in [-0.3, -0.25) is 4.84 Å². The van der Waals surface area contributed by atoms with Crippen molar-refractivity contribution >= 4 is 34.0 Å². The van der Waals surface area contributed by atoms with E-state index in [9.17, 15) is 0 Å². The van der Waals surface area contributed by atoms with Crippen LogP contribution in [0.4, 0.5) is 5.69 Å². The molecule has 1 aromatic rings. The van der Waals surface area contributed by atoms with E-state index in [1.54, 1.807) is 25.9 Å². The zero-order valence-corrected chi connectivity index (χ0v) is 19.4. The van der Waals surface area contributed by atoms with E-state index in [0.29, 0.717) is 18.1 Å². The van der Waals surface area contributed by atoms with Crippen molar-refractivity contribution in [3.05, 3.63) is 45.9 Å². The summed E-state index contributed by atoms with van der Waals surface area (Å²) in [6, 6.07) is 2.04. The molecule has 4 aliphatic heterocycles. The summed E-state index contributed by atoms with van der Waals surface area (Å²) in [5.41, 5.74) is 3.91. The fourth-order valence-electron chi connectivity index (χ4n) is 4.16. The maximum atomic E-state index is 5.97. The molecule has 0 saturated heterocycles. The van der Waals surface area contributed by atoms with Crippen molar-refractivity contribution in [1.29, 1.82) is 0 Å². The van der Waals surface area contributed by atoms with Crippen LogP contribution in [-0.4, -0.2) is 57.5 Å². The third-order valence-electron chi connectivity index (χ3n) is 5.72. The molecule has 10 heteroatoms. The van der Waals surface area contributed by atoms with Crippen LogP contribution in [0, 0.1) is 0 Å². The Morgan fingerprint density at radius 1 is 1.28 bits per heavy atom. The van der Waals surface area contributed by atoms with Crippen molar-refractivity contribution in [1.82, 2.24) is 15.5 Å². The van der Waals surface area contributed by atoms with Gasteiger partial charge in [-0.2, -0.15) is 0 Å². The van der Waals surface area contributed by atoms with Crippen LogP contribution in [0.15, 0.2) is 39.8 Å². The van der Waals surface area contributed by atoms with Gasteiger partial charge in [0.15, 0.2) is 17.7 Å². The molecule has 0 aromatic heterocycles. The second-order valence-electron chi connectivity index (χ2n) is 7.69. The zero-order valence-electron chi connectivity index (χ0n) is 17.8. The first kappa shape index (κ1) is 21.2. The molecular weight excluding hydrogens is 478 g/mol. The number of hydrogen-bond donors (Lipinski definition) is 2. The highest BCUT2D eigenvalue weighted by molar-refractivity contribution is 9.12. The van der Waals surface area contributed by atoms with Gasteiger partial charge in [0.2, 0.25) is 6.79 Å². The lowest BCUT2D eigenvalue weighted by atomic mass is 9.99. The Hall–Kier alpha value is -2.69. The molecule has 0 radical (unpaired) electrons. The lowest BCUT2D eigenvalue weighted by Gasteiger charge is -2.37. The first-order valence-corrected chi connectivity index (χ1v) is 11.4. The van der Waals surface area contributed by atoms with E-state index in [2.05, 4.69) is 48.7 Å². The van der Waals surface area contributed by atoms with Gasteiger partial charge >= 0.3 is 0 Å². The molecule has 1 unspecified atom stereocenters. The average molecular weight is 504 g/mol. The number of fused-ring (bicyclic) bond motifs is 4. The Kier molecular flexibility index (Phi) is 6.24. The van der Waals surface area contributed by atoms with Crippen molar-refractivity contribution in [3.8, 4) is 11.5 Å². The van der Waals surface area contributed by atoms with Crippen LogP contribution in [0.2, 0.25) is 0 Å². The van der Waals surface area contributed by atoms with Gasteiger partial charge in [0.25, 0.3) is 0 Å². The Balaban J connectivity index is 1.62. The molecule has 2 bridgehead atoms. The number of rotatable bonds is 1. The van der Waals surface area contributed by atoms with Crippen LogP contribution in [0.3, 0.4) is 0 Å². The molecule has 5 rings (SSSR count). The van der Waals surface area contributed by atoms with Gasteiger partial charge in [0, 0.05) is 43.2 Å². The maximum absolute atomic E-state index is 5.97. The Morgan fingerprint density at radius 3 is 3.12 bits per heavy atom. The van der Waals surface area contributed by atoms with E-state index in [1.165, 1.54) is 0 Å². The summed E-state index contributed by atoms with van der Waals surface area (Å²) >= 11 is 3.66. The third-order valence-corrected chi connectivity index (χ3v) is 6.37. The molecule has 0 amide bonds. The number of nitrogens with one attached hydrogen (secondary N) is 2. The number of hydroxylamine groups is 1. The lowest BCUT2D eigenvalue weighted by Crippen LogP contribution is -2.48. The van der Waals surface area contributed by atoms with Crippen LogP contribution in [0.1, 0.15) is 17.5 Å². The summed E-state index contributed by atoms with van der Waals surface area (Å²) in [6.45, 7) is 4.22. The summed E-state index contributed by atoms with van der Waals surface area (Å²) < 4.78 is 18.2. The van der Waals surface area contributed by atoms with E-state index in [0.717, 1.165) is 59.5 Å². The normalized spacial score (nSPS) is 24.1. The van der Waals surface area contributed by atoms with E-state index in [-0.39, 0.29) is 13.0 Å². The zero-order chi connectivity index (χ0) is 21.9. The van der Waals surface area contributed by atoms with Crippen molar-refractivity contribution in [2.24, 2.45) is 4.99 Å². The van der Waals surface area contributed by atoms with Gasteiger partial charge in [-0.1, -0.05) is 0 Å². The number of anilines is 1. The monoisotopic (exact) mass is 503 g/mol. The van der Waals surface area contributed by atoms with Crippen LogP contribution in [0.5, 0.6) is 11.5 Å². The third kappa shape index (κ3) is 4.05. The predicted molar refractivity (Wildman–Crippen MR) is 125 cm³/mol. The standard InChI is InChI=1S/C22H26BrN5O4/c1-29-28-20-17-11-27(6-3-15(17)9-19-21(20)32-14-31-19)7-5-24-4-2-8-30-12-18(23)16-10-25-13-26-22(16)28/h3,6,9-10,12-13,22,24H,2,4-5,7-8,11,14H2,1H3,(H,25,26)/b18-12-. The molecule has 0 saturated carbocycles. The molecule has 1 atom stereocenters. The molecule has 0 spiro atoms. The van der Waals surface area contributed by atoms with Gasteiger partial charge in [0.1, 0.15) is 5.69 Å². The van der Waals surface area contributed by atoms with Crippen molar-refractivity contribution in [3.63, 3.8) is 0 Å². The molecule has 0 aliphatic carbocycles. The fourth-order valence-corrected chi connectivity index (χ4v) is 4.61. The number of hydrogen-bond acceptors (Lipinski definition) is 9. The average Bonchev–Trinajstić information content (AvgIpc) is 3.28. The second kappa shape index (κ2) is 9.43. The van der Waals surface area contributed by atoms with Gasteiger partial charge in [-0.25, -0.2) is 10.1 Å². The molecule has 9 nitrogen and oxygen atoms in total. The van der Waals surface area contributed by atoms with Gasteiger partial charge in [0.05, 0.1) is 30.8 Å². The Morgan fingerprint density at radius 2 is 2.22 bits per heavy atom. The summed E-state index contributed by atoms with van der Waals surface area (Å²) in [4.78, 5) is 12.5. The highest BCUT2D eigenvalue weighted by Crippen LogP contribution is 2.48. The summed E-state index contributed by atoms with van der Waals surface area (Å²) in [7, 11) is 1.65. The summed E-state index contributed by atoms with van der Waals surface area (Å²) in [5.74, 6) is 1.39. The number of benzene rings is 1. The number of ether oxygens (including phenoxy) is 3. The molecular formula is C22H26BrN5O4. The Bertz CT molecular complexity index is 993. The SMILES string of the molecule is CON1c2c3c(cc4c2OCO4)C=CN(CCNCCCO/C=C(\Br)C2=CN=CNC21)C3. The topological polar surface area (TPSA) is 79.8 Å². The molecule has 2 N–H and O–H groups in total. The van der Waals surface area contributed by atoms with Crippen molar-refractivity contribution in [2.45, 2.75) is 19.1 Å². The van der Waals surface area contributed by atoms with E-state index < -0.39 is 0 Å². The maximum Gasteiger partial charge on any atom is 0.231 e. The molecule has 170 valence electrons. The van der Waals surface area contributed by atoms with E-state index >= 15 is 0 Å². The van der Waals surface area contributed by atoms with Crippen molar-refractivity contribution in [2.75, 3.05) is 45.2 Å². The predicted octanol–water partition coefficient (Wildman–Crippen LogP) is 2.66. The van der Waals surface area contributed by atoms with Gasteiger partial charge < -0.3 is 29.7 Å². The summed E-state index contributed by atoms with van der Waals surface area (Å²) in [5, 5.41) is 8.62. The fraction of sp³-hybridized carbons (Fsp3) is 0.409. The first-order chi connectivity index (χ1) is 15.8. The first-order valence-electron chi connectivity index (χ1n) is 10.6. The Labute approximate surface area is 195 Å². The highest BCUT2D eigenvalue weighted by Gasteiger charge is 2.35. The molecule has 4 aliphatic rings. The molecule has 32 heavy (non-hydrogen) atoms. The van der Waals surface area contributed by atoms with Crippen LogP contribution in [0.25, 0.3) is 6.08 Å². The molecule has 0 fully saturated rings. The lowest BCUT2D eigenvalue weighted by molar-refractivity contribution is 0.138. The molecule has 4 heterocycles. The van der Waals surface area contributed by atoms with Crippen LogP contribution >= 0.6 is 15.9 Å². The number of nitrogens with zero attached hydrogens (tertiary/aromatic N) is 3. The molecule has 1 aromatic carbocycles. The van der Waals surface area contributed by atoms with Crippen molar-refractivity contribution < 1.29 is 19.0 Å². The minimum Gasteiger partial charge on any atom is -0.500 e. The highest BCUT2D eigenvalue weighted by atomic mass is 79.9. The van der Waals surface area contributed by atoms with Gasteiger partial charge in [-0.15, -0.1) is 0 Å². The number of aliphatic imine (C=N–C) groups is 1.